The van der Waals surface area contributed by atoms with Gasteiger partial charge in [-0.05, 0) is 30.8 Å². The van der Waals surface area contributed by atoms with Gasteiger partial charge < -0.3 is 10.6 Å². The summed E-state index contributed by atoms with van der Waals surface area (Å²) in [4.78, 5) is 2.50. The monoisotopic (exact) mass is 170 g/mol. The highest BCUT2D eigenvalue weighted by molar-refractivity contribution is 4.81. The molecule has 0 aliphatic carbocycles. The number of hydrogen-bond donors (Lipinski definition) is 1. The van der Waals surface area contributed by atoms with Gasteiger partial charge in [-0.15, -0.1) is 0 Å². The third kappa shape index (κ3) is 3.11. The van der Waals surface area contributed by atoms with Crippen LogP contribution >= 0.6 is 0 Å². The minimum atomic E-state index is 0.480. The van der Waals surface area contributed by atoms with Gasteiger partial charge in [0.1, 0.15) is 0 Å². The second kappa shape index (κ2) is 3.75. The lowest BCUT2D eigenvalue weighted by molar-refractivity contribution is 0.0919. The Labute approximate surface area is 76.1 Å². The number of nitrogens with zero attached hydrogens (tertiary/aromatic N) is 1. The molecular formula is C10H22N2. The van der Waals surface area contributed by atoms with Crippen LogP contribution in [0.3, 0.4) is 0 Å². The third-order valence-corrected chi connectivity index (χ3v) is 2.54. The molecule has 0 aromatic rings. The highest BCUT2D eigenvalue weighted by Crippen LogP contribution is 2.22. The lowest BCUT2D eigenvalue weighted by Crippen LogP contribution is -2.50. The van der Waals surface area contributed by atoms with Crippen LogP contribution < -0.4 is 5.73 Å². The van der Waals surface area contributed by atoms with Crippen molar-refractivity contribution in [3.8, 4) is 0 Å². The first kappa shape index (κ1) is 10.0. The topological polar surface area (TPSA) is 29.3 Å². The lowest BCUT2D eigenvalue weighted by atomic mass is 9.90. The van der Waals surface area contributed by atoms with E-state index in [9.17, 15) is 0 Å². The van der Waals surface area contributed by atoms with Gasteiger partial charge in [-0.3, -0.25) is 0 Å². The van der Waals surface area contributed by atoms with Crippen LogP contribution in [0.2, 0.25) is 0 Å². The molecule has 1 fully saturated rings. The first-order valence-corrected chi connectivity index (χ1v) is 4.94. The van der Waals surface area contributed by atoms with Crippen molar-refractivity contribution in [3.05, 3.63) is 0 Å². The Balaban J connectivity index is 2.04. The van der Waals surface area contributed by atoms with Gasteiger partial charge in [0.25, 0.3) is 0 Å². The summed E-state index contributed by atoms with van der Waals surface area (Å²) < 4.78 is 0. The quantitative estimate of drug-likeness (QED) is 0.692. The van der Waals surface area contributed by atoms with Crippen molar-refractivity contribution in [2.45, 2.75) is 27.2 Å². The van der Waals surface area contributed by atoms with E-state index in [1.165, 1.54) is 26.1 Å². The van der Waals surface area contributed by atoms with E-state index in [0.29, 0.717) is 5.41 Å². The van der Waals surface area contributed by atoms with E-state index >= 15 is 0 Å². The van der Waals surface area contributed by atoms with Crippen LogP contribution in [0.5, 0.6) is 0 Å². The average Bonchev–Trinajstić information content (AvgIpc) is 1.82. The van der Waals surface area contributed by atoms with Crippen LogP contribution in [0.4, 0.5) is 0 Å². The van der Waals surface area contributed by atoms with Crippen LogP contribution in [-0.2, 0) is 0 Å². The van der Waals surface area contributed by atoms with Crippen molar-refractivity contribution in [2.75, 3.05) is 26.2 Å². The standard InChI is InChI=1S/C10H22N2/c1-10(2,3)4-5-12-7-9(6-11)8-12/h9H,4-8,11H2,1-3H3. The summed E-state index contributed by atoms with van der Waals surface area (Å²) in [5, 5.41) is 0. The summed E-state index contributed by atoms with van der Waals surface area (Å²) in [5.41, 5.74) is 6.03. The maximum Gasteiger partial charge on any atom is 0.00341 e. The molecule has 0 radical (unpaired) electrons. The molecule has 0 amide bonds. The van der Waals surface area contributed by atoms with Crippen LogP contribution in [0, 0.1) is 11.3 Å². The number of hydrogen-bond acceptors (Lipinski definition) is 2. The largest absolute Gasteiger partial charge is 0.330 e. The third-order valence-electron chi connectivity index (χ3n) is 2.54. The van der Waals surface area contributed by atoms with Crippen molar-refractivity contribution in [1.82, 2.24) is 4.90 Å². The molecule has 12 heavy (non-hydrogen) atoms. The second-order valence-corrected chi connectivity index (χ2v) is 5.17. The second-order valence-electron chi connectivity index (χ2n) is 5.17. The Morgan fingerprint density at radius 2 is 1.92 bits per heavy atom. The molecule has 0 spiro atoms. The molecule has 2 heteroatoms. The van der Waals surface area contributed by atoms with Gasteiger partial charge in [-0.2, -0.15) is 0 Å². The fourth-order valence-corrected chi connectivity index (χ4v) is 1.50. The minimum Gasteiger partial charge on any atom is -0.330 e. The normalized spacial score (nSPS) is 21.0. The zero-order valence-electron chi connectivity index (χ0n) is 8.64. The number of likely N-dealkylation sites (tertiary alicyclic amines) is 1. The molecule has 1 rings (SSSR count). The highest BCUT2D eigenvalue weighted by atomic mass is 15.2. The SMILES string of the molecule is CC(C)(C)CCN1CC(CN)C1. The molecule has 1 saturated heterocycles. The first-order chi connectivity index (χ1) is 5.51. The molecule has 0 saturated carbocycles. The molecule has 0 aromatic heterocycles. The van der Waals surface area contributed by atoms with Gasteiger partial charge in [0.15, 0.2) is 0 Å². The van der Waals surface area contributed by atoms with Gasteiger partial charge in [-0.1, -0.05) is 20.8 Å². The van der Waals surface area contributed by atoms with Crippen molar-refractivity contribution in [1.29, 1.82) is 0 Å². The Kier molecular flexibility index (Phi) is 3.13. The van der Waals surface area contributed by atoms with Crippen molar-refractivity contribution < 1.29 is 0 Å². The fraction of sp³-hybridized carbons (Fsp3) is 1.00. The van der Waals surface area contributed by atoms with Crippen molar-refractivity contribution >= 4 is 0 Å². The summed E-state index contributed by atoms with van der Waals surface area (Å²) in [6.45, 7) is 11.5. The Hall–Kier alpha value is -0.0800. The summed E-state index contributed by atoms with van der Waals surface area (Å²) in [5.74, 6) is 0.782. The molecule has 2 N–H and O–H groups in total. The summed E-state index contributed by atoms with van der Waals surface area (Å²) in [6, 6.07) is 0. The van der Waals surface area contributed by atoms with Gasteiger partial charge in [0.05, 0.1) is 0 Å². The Morgan fingerprint density at radius 1 is 1.33 bits per heavy atom. The van der Waals surface area contributed by atoms with Crippen LogP contribution in [0.25, 0.3) is 0 Å². The van der Waals surface area contributed by atoms with Crippen LogP contribution in [0.15, 0.2) is 0 Å². The molecular weight excluding hydrogens is 148 g/mol. The van der Waals surface area contributed by atoms with E-state index in [0.717, 1.165) is 12.5 Å². The molecule has 72 valence electrons. The summed E-state index contributed by atoms with van der Waals surface area (Å²) in [6.07, 6.45) is 1.30. The van der Waals surface area contributed by atoms with Crippen LogP contribution in [0.1, 0.15) is 27.2 Å². The fourth-order valence-electron chi connectivity index (χ4n) is 1.50. The molecule has 1 aliphatic heterocycles. The van der Waals surface area contributed by atoms with Crippen LogP contribution in [-0.4, -0.2) is 31.1 Å². The van der Waals surface area contributed by atoms with Gasteiger partial charge in [0, 0.05) is 13.1 Å². The molecule has 0 bridgehead atoms. The molecule has 0 aromatic carbocycles. The van der Waals surface area contributed by atoms with Crippen molar-refractivity contribution in [2.24, 2.45) is 17.1 Å². The molecule has 0 atom stereocenters. The molecule has 2 nitrogen and oxygen atoms in total. The van der Waals surface area contributed by atoms with Gasteiger partial charge >= 0.3 is 0 Å². The first-order valence-electron chi connectivity index (χ1n) is 4.94. The van der Waals surface area contributed by atoms with E-state index in [1.807, 2.05) is 0 Å². The number of nitrogens with two attached hydrogens (primary N) is 1. The zero-order chi connectivity index (χ0) is 9.19. The summed E-state index contributed by atoms with van der Waals surface area (Å²) >= 11 is 0. The zero-order valence-corrected chi connectivity index (χ0v) is 8.64. The summed E-state index contributed by atoms with van der Waals surface area (Å²) in [7, 11) is 0. The lowest BCUT2D eigenvalue weighted by Gasteiger charge is -2.39. The predicted octanol–water partition coefficient (Wildman–Crippen LogP) is 1.31. The molecule has 1 aliphatic rings. The van der Waals surface area contributed by atoms with Crippen molar-refractivity contribution in [3.63, 3.8) is 0 Å². The Morgan fingerprint density at radius 3 is 2.33 bits per heavy atom. The van der Waals surface area contributed by atoms with Gasteiger partial charge in [0.2, 0.25) is 0 Å². The van der Waals surface area contributed by atoms with E-state index < -0.39 is 0 Å². The molecule has 1 heterocycles. The molecule has 0 unspecified atom stereocenters. The minimum absolute atomic E-state index is 0.480. The van der Waals surface area contributed by atoms with E-state index in [-0.39, 0.29) is 0 Å². The smallest absolute Gasteiger partial charge is 0.00341 e. The number of rotatable bonds is 3. The predicted molar refractivity (Wildman–Crippen MR) is 53.1 cm³/mol. The maximum absolute atomic E-state index is 5.55. The van der Waals surface area contributed by atoms with E-state index in [2.05, 4.69) is 25.7 Å². The Bertz CT molecular complexity index is 131. The van der Waals surface area contributed by atoms with E-state index in [1.54, 1.807) is 0 Å². The average molecular weight is 170 g/mol. The van der Waals surface area contributed by atoms with Gasteiger partial charge in [-0.25, -0.2) is 0 Å². The highest BCUT2D eigenvalue weighted by Gasteiger charge is 2.25. The maximum atomic E-state index is 5.55. The van der Waals surface area contributed by atoms with E-state index in [4.69, 9.17) is 5.73 Å².